The Morgan fingerprint density at radius 3 is 2.79 bits per heavy atom. The molecule has 0 aromatic carbocycles. The van der Waals surface area contributed by atoms with E-state index >= 15 is 0 Å². The molecule has 0 atom stereocenters. The van der Waals surface area contributed by atoms with E-state index in [1.54, 1.807) is 12.5 Å². The zero-order valence-corrected chi connectivity index (χ0v) is 9.93. The monoisotopic (exact) mass is 271 g/mol. The van der Waals surface area contributed by atoms with Gasteiger partial charge >= 0.3 is 6.18 Å². The summed E-state index contributed by atoms with van der Waals surface area (Å²) in [4.78, 5) is 10.5. The van der Waals surface area contributed by atoms with Crippen molar-refractivity contribution in [2.45, 2.75) is 19.1 Å². The maximum atomic E-state index is 12.4. The Labute approximate surface area is 107 Å². The van der Waals surface area contributed by atoms with Crippen LogP contribution in [0.5, 0.6) is 0 Å². The normalized spacial score (nSPS) is 11.5. The molecule has 8 heteroatoms. The van der Waals surface area contributed by atoms with Gasteiger partial charge in [0.1, 0.15) is 5.82 Å². The fraction of sp³-hybridized carbons (Fsp3) is 0.364. The Hall–Kier alpha value is -2.12. The van der Waals surface area contributed by atoms with E-state index in [1.165, 1.54) is 6.07 Å². The van der Waals surface area contributed by atoms with Crippen molar-refractivity contribution in [1.82, 2.24) is 19.5 Å². The molecule has 0 saturated heterocycles. The van der Waals surface area contributed by atoms with Crippen LogP contribution >= 0.6 is 0 Å². The van der Waals surface area contributed by atoms with Gasteiger partial charge in [0.2, 0.25) is 5.82 Å². The van der Waals surface area contributed by atoms with Crippen LogP contribution in [0, 0.1) is 0 Å². The summed E-state index contributed by atoms with van der Waals surface area (Å²) in [5.74, 6) is -0.958. The van der Waals surface area contributed by atoms with Crippen LogP contribution in [0.4, 0.5) is 19.0 Å². The average molecular weight is 271 g/mol. The Morgan fingerprint density at radius 2 is 2.11 bits per heavy atom. The molecule has 102 valence electrons. The molecule has 0 fully saturated rings. The Balaban J connectivity index is 1.83. The van der Waals surface area contributed by atoms with E-state index in [2.05, 4.69) is 20.3 Å². The summed E-state index contributed by atoms with van der Waals surface area (Å²) >= 11 is 0. The fourth-order valence-corrected chi connectivity index (χ4v) is 1.49. The third kappa shape index (κ3) is 3.94. The Morgan fingerprint density at radius 1 is 1.26 bits per heavy atom. The summed E-state index contributed by atoms with van der Waals surface area (Å²) in [6.07, 6.45) is 2.51. The molecule has 2 heterocycles. The van der Waals surface area contributed by atoms with E-state index in [-0.39, 0.29) is 5.82 Å². The van der Waals surface area contributed by atoms with Crippen LogP contribution in [0.25, 0.3) is 0 Å². The minimum absolute atomic E-state index is 0.174. The van der Waals surface area contributed by atoms with Gasteiger partial charge < -0.3 is 9.88 Å². The lowest BCUT2D eigenvalue weighted by molar-refractivity contribution is -0.144. The Kier molecular flexibility index (Phi) is 3.98. The lowest BCUT2D eigenvalue weighted by Gasteiger charge is -2.08. The first kappa shape index (κ1) is 13.3. The number of aromatic nitrogens is 4. The first-order valence-corrected chi connectivity index (χ1v) is 5.65. The number of nitrogens with one attached hydrogen (secondary N) is 1. The van der Waals surface area contributed by atoms with E-state index in [0.29, 0.717) is 6.54 Å². The van der Waals surface area contributed by atoms with Crippen molar-refractivity contribution in [3.05, 3.63) is 36.8 Å². The van der Waals surface area contributed by atoms with Crippen LogP contribution in [-0.4, -0.2) is 26.1 Å². The van der Waals surface area contributed by atoms with Crippen LogP contribution in [-0.2, 0) is 12.7 Å². The van der Waals surface area contributed by atoms with Crippen molar-refractivity contribution in [3.8, 4) is 0 Å². The molecule has 0 aliphatic rings. The van der Waals surface area contributed by atoms with Gasteiger partial charge in [0, 0.05) is 31.7 Å². The second-order valence-corrected chi connectivity index (χ2v) is 3.84. The number of imidazole rings is 1. The van der Waals surface area contributed by atoms with Crippen molar-refractivity contribution >= 4 is 5.82 Å². The lowest BCUT2D eigenvalue weighted by atomic mass is 10.4. The van der Waals surface area contributed by atoms with Gasteiger partial charge in [0.15, 0.2) is 0 Å². The molecular formula is C11H12F3N5. The van der Waals surface area contributed by atoms with E-state index in [4.69, 9.17) is 0 Å². The van der Waals surface area contributed by atoms with E-state index < -0.39 is 12.0 Å². The number of rotatable bonds is 5. The number of nitrogens with zero attached hydrogens (tertiary/aromatic N) is 4. The highest BCUT2D eigenvalue weighted by molar-refractivity contribution is 5.33. The molecule has 2 aromatic rings. The summed E-state index contributed by atoms with van der Waals surface area (Å²) in [6, 6.07) is 1.41. The fourth-order valence-electron chi connectivity index (χ4n) is 1.49. The first-order chi connectivity index (χ1) is 9.05. The summed E-state index contributed by atoms with van der Waals surface area (Å²) in [7, 11) is 0. The number of hydrogen-bond acceptors (Lipinski definition) is 4. The number of halogens is 3. The highest BCUT2D eigenvalue weighted by atomic mass is 19.4. The van der Waals surface area contributed by atoms with Gasteiger partial charge in [-0.05, 0) is 12.5 Å². The number of alkyl halides is 3. The minimum atomic E-state index is -4.52. The standard InChI is InChI=1S/C11H12F3N5/c12-11(13,14)10-17-4-2-9(18-10)16-3-1-6-19-7-5-15-8-19/h2,4-5,7-8H,1,3,6H2,(H,16,17,18). The molecule has 19 heavy (non-hydrogen) atoms. The van der Waals surface area contributed by atoms with Crippen LogP contribution < -0.4 is 5.32 Å². The first-order valence-electron chi connectivity index (χ1n) is 5.65. The molecule has 0 saturated carbocycles. The smallest absolute Gasteiger partial charge is 0.370 e. The van der Waals surface area contributed by atoms with Gasteiger partial charge in [-0.25, -0.2) is 15.0 Å². The molecule has 0 aliphatic heterocycles. The molecule has 1 N–H and O–H groups in total. The van der Waals surface area contributed by atoms with Gasteiger partial charge in [-0.1, -0.05) is 0 Å². The maximum absolute atomic E-state index is 12.4. The molecule has 2 rings (SSSR count). The van der Waals surface area contributed by atoms with Gasteiger partial charge in [-0.2, -0.15) is 13.2 Å². The summed E-state index contributed by atoms with van der Waals surface area (Å²) in [5, 5.41) is 2.83. The second-order valence-electron chi connectivity index (χ2n) is 3.84. The summed E-state index contributed by atoms with van der Waals surface area (Å²) in [6.45, 7) is 1.26. The van der Waals surface area contributed by atoms with Crippen molar-refractivity contribution in [2.24, 2.45) is 0 Å². The maximum Gasteiger partial charge on any atom is 0.451 e. The quantitative estimate of drug-likeness (QED) is 0.847. The molecule has 0 amide bonds. The predicted octanol–water partition coefficient (Wildman–Crippen LogP) is 2.19. The van der Waals surface area contributed by atoms with Crippen LogP contribution in [0.1, 0.15) is 12.2 Å². The van der Waals surface area contributed by atoms with Crippen molar-refractivity contribution in [2.75, 3.05) is 11.9 Å². The largest absolute Gasteiger partial charge is 0.451 e. The zero-order chi connectivity index (χ0) is 13.7. The topological polar surface area (TPSA) is 55.6 Å². The third-order valence-electron chi connectivity index (χ3n) is 2.37. The van der Waals surface area contributed by atoms with E-state index in [1.807, 2.05) is 10.8 Å². The molecule has 0 unspecified atom stereocenters. The lowest BCUT2D eigenvalue weighted by Crippen LogP contribution is -2.13. The highest BCUT2D eigenvalue weighted by Gasteiger charge is 2.34. The van der Waals surface area contributed by atoms with Crippen molar-refractivity contribution in [3.63, 3.8) is 0 Å². The van der Waals surface area contributed by atoms with E-state index in [9.17, 15) is 13.2 Å². The molecule has 0 spiro atoms. The Bertz CT molecular complexity index is 509. The molecule has 2 aromatic heterocycles. The summed E-state index contributed by atoms with van der Waals surface area (Å²) in [5.41, 5.74) is 0. The molecular weight excluding hydrogens is 259 g/mol. The van der Waals surface area contributed by atoms with Gasteiger partial charge in [0.25, 0.3) is 0 Å². The second kappa shape index (κ2) is 5.68. The van der Waals surface area contributed by atoms with E-state index in [0.717, 1.165) is 19.2 Å². The molecule has 0 radical (unpaired) electrons. The van der Waals surface area contributed by atoms with Crippen LogP contribution in [0.3, 0.4) is 0 Å². The number of aryl methyl sites for hydroxylation is 1. The molecule has 5 nitrogen and oxygen atoms in total. The molecule has 0 aliphatic carbocycles. The third-order valence-corrected chi connectivity index (χ3v) is 2.37. The highest BCUT2D eigenvalue weighted by Crippen LogP contribution is 2.26. The molecule has 0 bridgehead atoms. The minimum Gasteiger partial charge on any atom is -0.370 e. The predicted molar refractivity (Wildman–Crippen MR) is 62.4 cm³/mol. The van der Waals surface area contributed by atoms with Crippen LogP contribution in [0.2, 0.25) is 0 Å². The van der Waals surface area contributed by atoms with Gasteiger partial charge in [0.05, 0.1) is 6.33 Å². The summed E-state index contributed by atoms with van der Waals surface area (Å²) < 4.78 is 39.0. The van der Waals surface area contributed by atoms with Gasteiger partial charge in [-0.15, -0.1) is 0 Å². The van der Waals surface area contributed by atoms with Gasteiger partial charge in [-0.3, -0.25) is 0 Å². The number of hydrogen-bond donors (Lipinski definition) is 1. The van der Waals surface area contributed by atoms with Crippen LogP contribution in [0.15, 0.2) is 31.0 Å². The zero-order valence-electron chi connectivity index (χ0n) is 9.93. The van der Waals surface area contributed by atoms with Crippen molar-refractivity contribution < 1.29 is 13.2 Å². The average Bonchev–Trinajstić information content (AvgIpc) is 2.87. The number of anilines is 1. The SMILES string of the molecule is FC(F)(F)c1nccc(NCCCn2ccnc2)n1. The van der Waals surface area contributed by atoms with Crippen molar-refractivity contribution in [1.29, 1.82) is 0 Å².